The third kappa shape index (κ3) is 10.4. The van der Waals surface area contributed by atoms with Crippen LogP contribution in [0.4, 0.5) is 4.39 Å². The molecule has 4 atom stereocenters. The van der Waals surface area contributed by atoms with Gasteiger partial charge in [0.15, 0.2) is 9.84 Å². The van der Waals surface area contributed by atoms with E-state index in [1.54, 1.807) is 35.6 Å². The molecule has 2 heterocycles. The highest BCUT2D eigenvalue weighted by atomic mass is 35.5. The summed E-state index contributed by atoms with van der Waals surface area (Å²) >= 11 is 1.75. The third-order valence-electron chi connectivity index (χ3n) is 9.61. The highest BCUT2D eigenvalue weighted by Gasteiger charge is 2.41. The van der Waals surface area contributed by atoms with Gasteiger partial charge in [-0.3, -0.25) is 9.69 Å². The Bertz CT molecular complexity index is 1550. The summed E-state index contributed by atoms with van der Waals surface area (Å²) in [4.78, 5) is 23.0. The molecule has 0 bridgehead atoms. The third-order valence-corrected chi connectivity index (χ3v) is 11.9. The zero-order valence-electron chi connectivity index (χ0n) is 27.2. The Labute approximate surface area is 301 Å². The second-order valence-electron chi connectivity index (χ2n) is 13.1. The number of carbonyl (C=O) groups is 1. The quantitative estimate of drug-likeness (QED) is 0.220. The number of hydrogen-bond acceptors (Lipinski definition) is 7. The molecule has 1 aliphatic carbocycles. The van der Waals surface area contributed by atoms with E-state index in [0.717, 1.165) is 61.5 Å². The van der Waals surface area contributed by atoms with Crippen molar-refractivity contribution in [2.24, 2.45) is 11.8 Å². The van der Waals surface area contributed by atoms with Crippen molar-refractivity contribution < 1.29 is 22.7 Å². The molecule has 2 aromatic carbocycles. The van der Waals surface area contributed by atoms with Crippen molar-refractivity contribution in [3.8, 4) is 0 Å². The molecule has 47 heavy (non-hydrogen) atoms. The lowest BCUT2D eigenvalue weighted by Gasteiger charge is -2.35. The number of benzene rings is 2. The van der Waals surface area contributed by atoms with E-state index < -0.39 is 21.8 Å². The van der Waals surface area contributed by atoms with Gasteiger partial charge in [-0.2, -0.15) is 0 Å². The van der Waals surface area contributed by atoms with Crippen molar-refractivity contribution in [2.75, 3.05) is 32.9 Å². The first-order valence-corrected chi connectivity index (χ1v) is 18.3. The fraction of sp³-hybridized carbons (Fsp3) is 0.529. The first kappa shape index (κ1) is 41.4. The molecule has 0 spiro atoms. The van der Waals surface area contributed by atoms with Gasteiger partial charge in [0.2, 0.25) is 0 Å². The Hall–Kier alpha value is -1.79. The van der Waals surface area contributed by atoms with Gasteiger partial charge in [-0.05, 0) is 105 Å². The van der Waals surface area contributed by atoms with Gasteiger partial charge < -0.3 is 10.0 Å². The number of rotatable bonds is 11. The number of aromatic nitrogens is 1. The van der Waals surface area contributed by atoms with Crippen molar-refractivity contribution in [1.29, 1.82) is 0 Å². The van der Waals surface area contributed by atoms with Gasteiger partial charge >= 0.3 is 5.97 Å². The molecule has 1 saturated carbocycles. The maximum atomic E-state index is 14.3. The maximum Gasteiger partial charge on any atom is 0.321 e. The molecule has 1 saturated heterocycles. The Kier molecular flexibility index (Phi) is 15.6. The summed E-state index contributed by atoms with van der Waals surface area (Å²) in [5.41, 5.74) is 2.06. The highest BCUT2D eigenvalue weighted by molar-refractivity contribution is 7.90. The number of sulfone groups is 1. The number of hydrogen-bond donors (Lipinski definition) is 1. The minimum Gasteiger partial charge on any atom is -0.480 e. The SMILES string of the molecule is CC(C)[C@H](C(=O)O)N(C)[C@H]1C[C@H](CN2CCC(c3cnc(Cc4ccc(S(C)(=O)=O)cc4)s3)CC2)[C@@H](c2cccc(F)c2)C1.Cl.Cl.Cl. The van der Waals surface area contributed by atoms with Crippen LogP contribution < -0.4 is 0 Å². The molecular formula is C34H47Cl3FN3O4S2. The van der Waals surface area contributed by atoms with E-state index in [1.165, 1.54) is 17.2 Å². The standard InChI is InChI=1S/C34H44FN3O4S2.3ClH/c1-22(2)33(34(39)40)37(3)28-18-26(30(19-28)25-6-5-7-27(35)17-25)21-38-14-12-24(13-15-38)31-20-36-32(43-31)16-23-8-10-29(11-9-23)44(4,41)42;;;/h5-11,17,20,22,24,26,28,30,33H,12-16,18-19,21H2,1-4H3,(H,39,40);3*1H/t26-,28+,30-,33-;;;/m1.../s1. The molecule has 0 unspecified atom stereocenters. The number of carboxylic acid groups (broad SMARTS) is 1. The first-order chi connectivity index (χ1) is 20.9. The predicted octanol–water partition coefficient (Wildman–Crippen LogP) is 7.32. The van der Waals surface area contributed by atoms with Crippen LogP contribution in [0.15, 0.2) is 59.6 Å². The van der Waals surface area contributed by atoms with E-state index in [2.05, 4.69) is 9.88 Å². The number of piperidine rings is 1. The van der Waals surface area contributed by atoms with Gasteiger partial charge in [0.1, 0.15) is 11.9 Å². The number of aliphatic carboxylic acids is 1. The second kappa shape index (κ2) is 17.7. The van der Waals surface area contributed by atoms with Crippen LogP contribution >= 0.6 is 48.6 Å². The van der Waals surface area contributed by atoms with Crippen LogP contribution in [-0.4, -0.2) is 79.3 Å². The molecule has 2 aliphatic rings. The predicted molar refractivity (Wildman–Crippen MR) is 194 cm³/mol. The topological polar surface area (TPSA) is 90.8 Å². The molecule has 0 radical (unpaired) electrons. The number of nitrogens with zero attached hydrogens (tertiary/aromatic N) is 3. The van der Waals surface area contributed by atoms with Gasteiger partial charge in [-0.15, -0.1) is 48.6 Å². The minimum absolute atomic E-state index is 0. The number of likely N-dealkylation sites (tertiary alicyclic amines) is 1. The summed E-state index contributed by atoms with van der Waals surface area (Å²) < 4.78 is 37.8. The normalized spacial score (nSPS) is 21.1. The number of carboxylic acids is 1. The molecule has 1 N–H and O–H groups in total. The Morgan fingerprint density at radius 1 is 1.09 bits per heavy atom. The van der Waals surface area contributed by atoms with E-state index in [0.29, 0.717) is 23.2 Å². The van der Waals surface area contributed by atoms with Crippen LogP contribution in [0.2, 0.25) is 0 Å². The minimum atomic E-state index is -3.21. The summed E-state index contributed by atoms with van der Waals surface area (Å²) in [6.07, 6.45) is 7.76. The van der Waals surface area contributed by atoms with Crippen LogP contribution in [0.1, 0.15) is 72.4 Å². The fourth-order valence-electron chi connectivity index (χ4n) is 7.29. The van der Waals surface area contributed by atoms with Crippen LogP contribution in [0.5, 0.6) is 0 Å². The number of thiazole rings is 1. The van der Waals surface area contributed by atoms with Gasteiger partial charge in [-0.1, -0.05) is 38.1 Å². The van der Waals surface area contributed by atoms with Crippen LogP contribution in [-0.2, 0) is 21.1 Å². The molecule has 13 heteroatoms. The maximum absolute atomic E-state index is 14.3. The van der Waals surface area contributed by atoms with E-state index in [1.807, 2.05) is 50.2 Å². The van der Waals surface area contributed by atoms with Gasteiger partial charge in [0.25, 0.3) is 0 Å². The van der Waals surface area contributed by atoms with Crippen molar-refractivity contribution >= 4 is 64.4 Å². The van der Waals surface area contributed by atoms with Gasteiger partial charge in [0.05, 0.1) is 9.90 Å². The van der Waals surface area contributed by atoms with E-state index in [4.69, 9.17) is 0 Å². The smallest absolute Gasteiger partial charge is 0.321 e. The average molecular weight is 751 g/mol. The monoisotopic (exact) mass is 749 g/mol. The second-order valence-corrected chi connectivity index (χ2v) is 16.2. The molecule has 262 valence electrons. The molecule has 5 rings (SSSR count). The lowest BCUT2D eigenvalue weighted by Crippen LogP contribution is -2.47. The van der Waals surface area contributed by atoms with Crippen molar-refractivity contribution in [2.45, 2.75) is 74.8 Å². The molecule has 2 fully saturated rings. The van der Waals surface area contributed by atoms with Crippen LogP contribution in [0.25, 0.3) is 0 Å². The van der Waals surface area contributed by atoms with Crippen molar-refractivity contribution in [3.05, 3.63) is 81.6 Å². The molecule has 0 amide bonds. The van der Waals surface area contributed by atoms with E-state index >= 15 is 0 Å². The van der Waals surface area contributed by atoms with Crippen LogP contribution in [0, 0.1) is 17.7 Å². The lowest BCUT2D eigenvalue weighted by atomic mass is 9.87. The number of likely N-dealkylation sites (N-methyl/N-ethyl adjacent to an activating group) is 1. The Morgan fingerprint density at radius 3 is 2.32 bits per heavy atom. The van der Waals surface area contributed by atoms with Crippen LogP contribution in [0.3, 0.4) is 0 Å². The van der Waals surface area contributed by atoms with Gasteiger partial charge in [-0.25, -0.2) is 17.8 Å². The number of halogens is 4. The van der Waals surface area contributed by atoms with Crippen molar-refractivity contribution in [1.82, 2.24) is 14.8 Å². The lowest BCUT2D eigenvalue weighted by molar-refractivity contribution is -0.145. The van der Waals surface area contributed by atoms with E-state index in [-0.39, 0.29) is 60.9 Å². The fourth-order valence-corrected chi connectivity index (χ4v) is 9.04. The zero-order chi connectivity index (χ0) is 31.6. The summed E-state index contributed by atoms with van der Waals surface area (Å²) in [7, 11) is -1.27. The largest absolute Gasteiger partial charge is 0.480 e. The average Bonchev–Trinajstić information content (AvgIpc) is 3.60. The first-order valence-electron chi connectivity index (χ1n) is 15.5. The Balaban J connectivity index is 0.00000256. The summed E-state index contributed by atoms with van der Waals surface area (Å²) in [5, 5.41) is 11.0. The van der Waals surface area contributed by atoms with Gasteiger partial charge in [0, 0.05) is 36.3 Å². The molecule has 1 aliphatic heterocycles. The molecule has 7 nitrogen and oxygen atoms in total. The summed E-state index contributed by atoms with van der Waals surface area (Å²) in [5.74, 6) is -0.0323. The molecular weight excluding hydrogens is 704 g/mol. The summed E-state index contributed by atoms with van der Waals surface area (Å²) in [6.45, 7) is 6.82. The molecule has 3 aromatic rings. The van der Waals surface area contributed by atoms with Crippen molar-refractivity contribution in [3.63, 3.8) is 0 Å². The summed E-state index contributed by atoms with van der Waals surface area (Å²) in [6, 6.07) is 13.6. The molecule has 1 aromatic heterocycles. The zero-order valence-corrected chi connectivity index (χ0v) is 31.3. The Morgan fingerprint density at radius 2 is 1.74 bits per heavy atom. The highest BCUT2D eigenvalue weighted by Crippen LogP contribution is 2.44. The van der Waals surface area contributed by atoms with E-state index in [9.17, 15) is 22.7 Å².